The molecule has 0 unspecified atom stereocenters. The van der Waals surface area contributed by atoms with Crippen molar-refractivity contribution in [3.05, 3.63) is 30.3 Å². The Labute approximate surface area is 132 Å². The first-order valence-corrected chi connectivity index (χ1v) is 8.31. The highest BCUT2D eigenvalue weighted by atomic mass is 16.2. The van der Waals surface area contributed by atoms with Crippen molar-refractivity contribution in [1.82, 2.24) is 5.32 Å². The van der Waals surface area contributed by atoms with Gasteiger partial charge in [0.05, 0.1) is 6.04 Å². The van der Waals surface area contributed by atoms with Crippen LogP contribution in [0.5, 0.6) is 0 Å². The highest BCUT2D eigenvalue weighted by Crippen LogP contribution is 2.22. The number of rotatable bonds is 7. The Kier molecular flexibility index (Phi) is 5.99. The second-order valence-corrected chi connectivity index (χ2v) is 6.02. The molecule has 0 saturated carbocycles. The standard InChI is InChI=1S/C18H26N2O2/c1-3-8-14(9-4-2)18(22)19-15-12-17(21)20(13-15)16-10-6-5-7-11-16/h5-7,10-11,14-15H,3-4,8-9,12-13H2,1-2H3,(H,19,22)/t15-/m1/s1. The Morgan fingerprint density at radius 1 is 1.23 bits per heavy atom. The third-order valence-corrected chi connectivity index (χ3v) is 4.18. The van der Waals surface area contributed by atoms with E-state index in [2.05, 4.69) is 19.2 Å². The van der Waals surface area contributed by atoms with Gasteiger partial charge in [-0.05, 0) is 25.0 Å². The molecule has 2 rings (SSSR count). The minimum absolute atomic E-state index is 0.0728. The van der Waals surface area contributed by atoms with Crippen LogP contribution in [0, 0.1) is 5.92 Å². The monoisotopic (exact) mass is 302 g/mol. The number of carbonyl (C=O) groups excluding carboxylic acids is 2. The van der Waals surface area contributed by atoms with E-state index in [4.69, 9.17) is 0 Å². The van der Waals surface area contributed by atoms with Gasteiger partial charge in [0.1, 0.15) is 0 Å². The van der Waals surface area contributed by atoms with Gasteiger partial charge in [0.25, 0.3) is 0 Å². The Bertz CT molecular complexity index is 495. The maximum atomic E-state index is 12.4. The molecule has 1 heterocycles. The summed E-state index contributed by atoms with van der Waals surface area (Å²) in [5, 5.41) is 3.08. The molecule has 22 heavy (non-hydrogen) atoms. The van der Waals surface area contributed by atoms with Gasteiger partial charge in [-0.3, -0.25) is 9.59 Å². The fourth-order valence-corrected chi connectivity index (χ4v) is 3.08. The highest BCUT2D eigenvalue weighted by Gasteiger charge is 2.32. The summed E-state index contributed by atoms with van der Waals surface area (Å²) >= 11 is 0. The predicted molar refractivity (Wildman–Crippen MR) is 88.6 cm³/mol. The van der Waals surface area contributed by atoms with Gasteiger partial charge in [-0.15, -0.1) is 0 Å². The zero-order valence-corrected chi connectivity index (χ0v) is 13.5. The third-order valence-electron chi connectivity index (χ3n) is 4.18. The molecule has 0 aliphatic carbocycles. The first-order valence-electron chi connectivity index (χ1n) is 8.31. The minimum atomic E-state index is -0.0728. The van der Waals surface area contributed by atoms with Gasteiger partial charge in [-0.25, -0.2) is 0 Å². The normalized spacial score (nSPS) is 18.0. The summed E-state index contributed by atoms with van der Waals surface area (Å²) in [7, 11) is 0. The average Bonchev–Trinajstić information content (AvgIpc) is 2.88. The van der Waals surface area contributed by atoms with Crippen LogP contribution < -0.4 is 10.2 Å². The lowest BCUT2D eigenvalue weighted by Crippen LogP contribution is -2.40. The topological polar surface area (TPSA) is 49.4 Å². The number of benzene rings is 1. The quantitative estimate of drug-likeness (QED) is 0.841. The van der Waals surface area contributed by atoms with Crippen LogP contribution in [-0.4, -0.2) is 24.4 Å². The second kappa shape index (κ2) is 7.97. The molecule has 1 fully saturated rings. The van der Waals surface area contributed by atoms with Crippen molar-refractivity contribution >= 4 is 17.5 Å². The number of para-hydroxylation sites is 1. The summed E-state index contributed by atoms with van der Waals surface area (Å²) < 4.78 is 0. The molecule has 0 bridgehead atoms. The van der Waals surface area contributed by atoms with Gasteiger partial charge in [0.2, 0.25) is 11.8 Å². The number of anilines is 1. The highest BCUT2D eigenvalue weighted by molar-refractivity contribution is 5.96. The van der Waals surface area contributed by atoms with E-state index in [1.807, 2.05) is 30.3 Å². The van der Waals surface area contributed by atoms with Crippen molar-refractivity contribution in [1.29, 1.82) is 0 Å². The molecule has 120 valence electrons. The maximum absolute atomic E-state index is 12.4. The van der Waals surface area contributed by atoms with Crippen molar-refractivity contribution in [2.45, 2.75) is 52.0 Å². The average molecular weight is 302 g/mol. The Morgan fingerprint density at radius 3 is 2.45 bits per heavy atom. The lowest BCUT2D eigenvalue weighted by atomic mass is 9.97. The van der Waals surface area contributed by atoms with Crippen LogP contribution in [0.1, 0.15) is 46.0 Å². The Hall–Kier alpha value is -1.84. The Morgan fingerprint density at radius 2 is 1.86 bits per heavy atom. The molecule has 0 spiro atoms. The lowest BCUT2D eigenvalue weighted by molar-refractivity contribution is -0.126. The van der Waals surface area contributed by atoms with Crippen LogP contribution in [0.25, 0.3) is 0 Å². The third kappa shape index (κ3) is 4.09. The van der Waals surface area contributed by atoms with E-state index < -0.39 is 0 Å². The molecule has 1 saturated heterocycles. The summed E-state index contributed by atoms with van der Waals surface area (Å²) in [6.07, 6.45) is 4.26. The van der Waals surface area contributed by atoms with Crippen molar-refractivity contribution in [2.75, 3.05) is 11.4 Å². The number of nitrogens with one attached hydrogen (secondary N) is 1. The van der Waals surface area contributed by atoms with Gasteiger partial charge in [0, 0.05) is 24.6 Å². The zero-order chi connectivity index (χ0) is 15.9. The first kappa shape index (κ1) is 16.5. The van der Waals surface area contributed by atoms with E-state index in [-0.39, 0.29) is 23.8 Å². The summed E-state index contributed by atoms with van der Waals surface area (Å²) in [5.41, 5.74) is 0.905. The molecule has 4 heteroatoms. The summed E-state index contributed by atoms with van der Waals surface area (Å²) in [5.74, 6) is 0.270. The van der Waals surface area contributed by atoms with Crippen LogP contribution in [0.3, 0.4) is 0 Å². The van der Waals surface area contributed by atoms with E-state index in [1.54, 1.807) is 4.90 Å². The van der Waals surface area contributed by atoms with Gasteiger partial charge in [0.15, 0.2) is 0 Å². The number of nitrogens with zero attached hydrogens (tertiary/aromatic N) is 1. The first-order chi connectivity index (χ1) is 10.7. The van der Waals surface area contributed by atoms with Crippen LogP contribution in [0.4, 0.5) is 5.69 Å². The van der Waals surface area contributed by atoms with E-state index in [1.165, 1.54) is 0 Å². The molecule has 1 atom stereocenters. The lowest BCUT2D eigenvalue weighted by Gasteiger charge is -2.20. The molecular weight excluding hydrogens is 276 g/mol. The van der Waals surface area contributed by atoms with Gasteiger partial charge < -0.3 is 10.2 Å². The van der Waals surface area contributed by atoms with Crippen molar-refractivity contribution in [2.24, 2.45) is 5.92 Å². The van der Waals surface area contributed by atoms with Crippen LogP contribution in [0.2, 0.25) is 0 Å². The number of carbonyl (C=O) groups is 2. The fourth-order valence-electron chi connectivity index (χ4n) is 3.08. The smallest absolute Gasteiger partial charge is 0.229 e. The molecular formula is C18H26N2O2. The number of amides is 2. The van der Waals surface area contributed by atoms with E-state index in [9.17, 15) is 9.59 Å². The zero-order valence-electron chi connectivity index (χ0n) is 13.5. The van der Waals surface area contributed by atoms with Crippen LogP contribution >= 0.6 is 0 Å². The van der Waals surface area contributed by atoms with E-state index >= 15 is 0 Å². The molecule has 0 aromatic heterocycles. The molecule has 2 amide bonds. The molecule has 1 aliphatic rings. The SMILES string of the molecule is CCCC(CCC)C(=O)N[C@@H]1CC(=O)N(c2ccccc2)C1. The largest absolute Gasteiger partial charge is 0.351 e. The summed E-state index contributed by atoms with van der Waals surface area (Å²) in [6, 6.07) is 9.57. The van der Waals surface area contributed by atoms with E-state index in [0.29, 0.717) is 13.0 Å². The van der Waals surface area contributed by atoms with Gasteiger partial charge in [-0.1, -0.05) is 44.9 Å². The predicted octanol–water partition coefficient (Wildman–Crippen LogP) is 3.12. The van der Waals surface area contributed by atoms with Gasteiger partial charge in [-0.2, -0.15) is 0 Å². The van der Waals surface area contributed by atoms with Crippen LogP contribution in [-0.2, 0) is 9.59 Å². The van der Waals surface area contributed by atoms with Crippen molar-refractivity contribution < 1.29 is 9.59 Å². The van der Waals surface area contributed by atoms with Crippen LogP contribution in [0.15, 0.2) is 30.3 Å². The van der Waals surface area contributed by atoms with Crippen molar-refractivity contribution in [3.63, 3.8) is 0 Å². The molecule has 1 N–H and O–H groups in total. The second-order valence-electron chi connectivity index (χ2n) is 6.02. The molecule has 0 radical (unpaired) electrons. The van der Waals surface area contributed by atoms with Crippen molar-refractivity contribution in [3.8, 4) is 0 Å². The minimum Gasteiger partial charge on any atom is -0.351 e. The number of hydrogen-bond donors (Lipinski definition) is 1. The van der Waals surface area contributed by atoms with Gasteiger partial charge >= 0.3 is 0 Å². The summed E-state index contributed by atoms with van der Waals surface area (Å²) in [4.78, 5) is 26.3. The summed E-state index contributed by atoms with van der Waals surface area (Å²) in [6.45, 7) is 4.78. The molecule has 1 aliphatic heterocycles. The number of hydrogen-bond acceptors (Lipinski definition) is 2. The molecule has 1 aromatic rings. The molecule has 4 nitrogen and oxygen atoms in total. The van der Waals surface area contributed by atoms with E-state index in [0.717, 1.165) is 31.4 Å². The Balaban J connectivity index is 1.94. The molecule has 1 aromatic carbocycles. The fraction of sp³-hybridized carbons (Fsp3) is 0.556. The maximum Gasteiger partial charge on any atom is 0.229 e.